The third-order valence-corrected chi connectivity index (χ3v) is 4.87. The van der Waals surface area contributed by atoms with Crippen LogP contribution in [0, 0.1) is 10.1 Å². The number of anilines is 1. The van der Waals surface area contributed by atoms with Crippen LogP contribution in [0.4, 0.5) is 16.2 Å². The number of nitrogens with zero attached hydrogens (tertiary/aromatic N) is 1. The van der Waals surface area contributed by atoms with Gasteiger partial charge in [0.25, 0.3) is 15.7 Å². The van der Waals surface area contributed by atoms with Gasteiger partial charge in [-0.3, -0.25) is 15.5 Å². The number of methoxy groups -OCH3 is 3. The number of benzene rings is 2. The molecule has 2 rings (SSSR count). The summed E-state index contributed by atoms with van der Waals surface area (Å²) in [5.74, 6) is 0.329. The summed E-state index contributed by atoms with van der Waals surface area (Å²) < 4.78 is 40.0. The summed E-state index contributed by atoms with van der Waals surface area (Å²) in [6.45, 7) is 0. The van der Waals surface area contributed by atoms with Gasteiger partial charge in [0.15, 0.2) is 0 Å². The standard InChI is InChI=1S/C16H18N4O8S/c1-26-11-5-7-13(27-2)15(9-11)29(24,25)19-18-16(21)17-12-6-4-10(20(22)23)8-14(12)28-3/h4-9,19H,1-3H3,(H2,17,18,21). The van der Waals surface area contributed by atoms with Crippen LogP contribution in [-0.2, 0) is 10.0 Å². The molecule has 0 unspecified atom stereocenters. The van der Waals surface area contributed by atoms with E-state index in [1.807, 2.05) is 10.3 Å². The first kappa shape index (κ1) is 21.7. The Morgan fingerprint density at radius 3 is 2.28 bits per heavy atom. The van der Waals surface area contributed by atoms with Crippen molar-refractivity contribution in [3.63, 3.8) is 0 Å². The summed E-state index contributed by atoms with van der Waals surface area (Å²) in [5.41, 5.74) is 1.83. The molecule has 0 fully saturated rings. The number of nitro benzene ring substituents is 1. The zero-order chi connectivity index (χ0) is 21.6. The number of rotatable bonds is 8. The number of nitrogens with one attached hydrogen (secondary N) is 3. The summed E-state index contributed by atoms with van der Waals surface area (Å²) in [4.78, 5) is 23.9. The summed E-state index contributed by atoms with van der Waals surface area (Å²) in [6, 6.07) is 6.69. The number of carbonyl (C=O) groups excluding carboxylic acids is 1. The van der Waals surface area contributed by atoms with Crippen LogP contribution in [0.3, 0.4) is 0 Å². The fourth-order valence-corrected chi connectivity index (χ4v) is 3.24. The molecule has 3 N–H and O–H groups in total. The predicted molar refractivity (Wildman–Crippen MR) is 102 cm³/mol. The van der Waals surface area contributed by atoms with E-state index in [1.54, 1.807) is 0 Å². The lowest BCUT2D eigenvalue weighted by atomic mass is 10.2. The summed E-state index contributed by atoms with van der Waals surface area (Å²) >= 11 is 0. The molecule has 0 saturated heterocycles. The molecule has 29 heavy (non-hydrogen) atoms. The summed E-state index contributed by atoms with van der Waals surface area (Å²) in [7, 11) is -0.277. The Morgan fingerprint density at radius 2 is 1.69 bits per heavy atom. The fourth-order valence-electron chi connectivity index (χ4n) is 2.21. The van der Waals surface area contributed by atoms with Crippen molar-refractivity contribution in [1.82, 2.24) is 10.3 Å². The zero-order valence-electron chi connectivity index (χ0n) is 15.6. The minimum atomic E-state index is -4.20. The Labute approximate surface area is 165 Å². The highest BCUT2D eigenvalue weighted by molar-refractivity contribution is 7.89. The Bertz CT molecular complexity index is 1030. The van der Waals surface area contributed by atoms with Crippen molar-refractivity contribution >= 4 is 27.4 Å². The first-order valence-corrected chi connectivity index (χ1v) is 9.33. The van der Waals surface area contributed by atoms with Gasteiger partial charge < -0.3 is 19.5 Å². The summed E-state index contributed by atoms with van der Waals surface area (Å²) in [6.07, 6.45) is 0. The van der Waals surface area contributed by atoms with E-state index in [0.717, 1.165) is 12.1 Å². The largest absolute Gasteiger partial charge is 0.497 e. The molecule has 13 heteroatoms. The average molecular weight is 426 g/mol. The van der Waals surface area contributed by atoms with Gasteiger partial charge in [-0.15, -0.1) is 4.83 Å². The van der Waals surface area contributed by atoms with Crippen LogP contribution < -0.4 is 29.8 Å². The van der Waals surface area contributed by atoms with E-state index in [1.165, 1.54) is 45.6 Å². The maximum atomic E-state index is 12.5. The van der Waals surface area contributed by atoms with E-state index in [-0.39, 0.29) is 33.5 Å². The lowest BCUT2D eigenvalue weighted by molar-refractivity contribution is -0.384. The van der Waals surface area contributed by atoms with Gasteiger partial charge in [0.1, 0.15) is 22.1 Å². The third kappa shape index (κ3) is 5.24. The zero-order valence-corrected chi connectivity index (χ0v) is 16.4. The molecule has 2 aromatic rings. The van der Waals surface area contributed by atoms with E-state index in [0.29, 0.717) is 0 Å². The molecule has 0 aliphatic heterocycles. The molecule has 0 heterocycles. The van der Waals surface area contributed by atoms with E-state index in [4.69, 9.17) is 14.2 Å². The van der Waals surface area contributed by atoms with Gasteiger partial charge >= 0.3 is 6.03 Å². The van der Waals surface area contributed by atoms with Crippen molar-refractivity contribution in [2.45, 2.75) is 4.90 Å². The van der Waals surface area contributed by atoms with Crippen LogP contribution >= 0.6 is 0 Å². The Morgan fingerprint density at radius 1 is 1.00 bits per heavy atom. The highest BCUT2D eigenvalue weighted by Crippen LogP contribution is 2.29. The molecular formula is C16H18N4O8S. The van der Waals surface area contributed by atoms with Crippen molar-refractivity contribution in [3.8, 4) is 17.2 Å². The predicted octanol–water partition coefficient (Wildman–Crippen LogP) is 1.64. The Balaban J connectivity index is 2.14. The first-order chi connectivity index (χ1) is 13.7. The maximum absolute atomic E-state index is 12.5. The highest BCUT2D eigenvalue weighted by atomic mass is 32.2. The van der Waals surface area contributed by atoms with Gasteiger partial charge in [-0.25, -0.2) is 13.2 Å². The average Bonchev–Trinajstić information content (AvgIpc) is 2.71. The molecule has 2 aromatic carbocycles. The molecule has 156 valence electrons. The van der Waals surface area contributed by atoms with Gasteiger partial charge in [0.2, 0.25) is 0 Å². The molecule has 0 saturated carbocycles. The number of hydrogen-bond donors (Lipinski definition) is 3. The molecule has 0 bridgehead atoms. The van der Waals surface area contributed by atoms with Gasteiger partial charge in [0.05, 0.1) is 38.0 Å². The van der Waals surface area contributed by atoms with Crippen molar-refractivity contribution in [2.24, 2.45) is 0 Å². The molecule has 0 spiro atoms. The van der Waals surface area contributed by atoms with Gasteiger partial charge in [-0.05, 0) is 18.2 Å². The second-order valence-corrected chi connectivity index (χ2v) is 6.99. The lowest BCUT2D eigenvalue weighted by Crippen LogP contribution is -2.43. The Kier molecular flexibility index (Phi) is 6.80. The smallest absolute Gasteiger partial charge is 0.334 e. The quantitative estimate of drug-likeness (QED) is 0.424. The van der Waals surface area contributed by atoms with Crippen LogP contribution in [0.1, 0.15) is 0 Å². The van der Waals surface area contributed by atoms with Crippen LogP contribution in [0.25, 0.3) is 0 Å². The fraction of sp³-hybridized carbons (Fsp3) is 0.188. The molecule has 0 radical (unpaired) electrons. The van der Waals surface area contributed by atoms with E-state index >= 15 is 0 Å². The molecule has 0 aliphatic rings. The van der Waals surface area contributed by atoms with Crippen LogP contribution in [-0.4, -0.2) is 40.7 Å². The van der Waals surface area contributed by atoms with E-state index < -0.39 is 21.0 Å². The molecule has 0 aliphatic carbocycles. The number of hydrogen-bond acceptors (Lipinski definition) is 8. The number of nitro groups is 1. The number of non-ortho nitro benzene ring substituents is 1. The number of amides is 2. The number of carbonyl (C=O) groups is 1. The second-order valence-electron chi connectivity index (χ2n) is 5.34. The molecular weight excluding hydrogens is 408 g/mol. The van der Waals surface area contributed by atoms with Crippen LogP contribution in [0.2, 0.25) is 0 Å². The van der Waals surface area contributed by atoms with Crippen molar-refractivity contribution < 1.29 is 32.3 Å². The molecule has 2 amide bonds. The van der Waals surface area contributed by atoms with Crippen molar-refractivity contribution in [1.29, 1.82) is 0 Å². The van der Waals surface area contributed by atoms with Gasteiger partial charge in [-0.2, -0.15) is 0 Å². The van der Waals surface area contributed by atoms with Crippen LogP contribution in [0.15, 0.2) is 41.3 Å². The minimum absolute atomic E-state index is 0.0201. The first-order valence-electron chi connectivity index (χ1n) is 7.85. The topological polar surface area (TPSA) is 158 Å². The van der Waals surface area contributed by atoms with E-state index in [9.17, 15) is 23.3 Å². The van der Waals surface area contributed by atoms with Crippen LogP contribution in [0.5, 0.6) is 17.2 Å². The Hall–Kier alpha value is -3.58. The highest BCUT2D eigenvalue weighted by Gasteiger charge is 2.22. The number of sulfonamides is 1. The normalized spacial score (nSPS) is 10.7. The molecule has 0 aromatic heterocycles. The monoisotopic (exact) mass is 426 g/mol. The second kappa shape index (κ2) is 9.07. The van der Waals surface area contributed by atoms with Gasteiger partial charge in [-0.1, -0.05) is 0 Å². The SMILES string of the molecule is COc1ccc(OC)c(S(=O)(=O)NNC(=O)Nc2ccc([N+](=O)[O-])cc2OC)c1. The van der Waals surface area contributed by atoms with Gasteiger partial charge in [0, 0.05) is 12.1 Å². The molecule has 12 nitrogen and oxygen atoms in total. The molecule has 0 atom stereocenters. The van der Waals surface area contributed by atoms with Crippen molar-refractivity contribution in [3.05, 3.63) is 46.5 Å². The number of hydrazine groups is 1. The number of urea groups is 1. The minimum Gasteiger partial charge on any atom is -0.497 e. The lowest BCUT2D eigenvalue weighted by Gasteiger charge is -2.14. The maximum Gasteiger partial charge on any atom is 0.334 e. The van der Waals surface area contributed by atoms with Crippen molar-refractivity contribution in [2.75, 3.05) is 26.6 Å². The number of ether oxygens (including phenoxy) is 3. The summed E-state index contributed by atoms with van der Waals surface area (Å²) in [5, 5.41) is 13.1. The third-order valence-electron chi connectivity index (χ3n) is 3.60. The van der Waals surface area contributed by atoms with E-state index in [2.05, 4.69) is 5.32 Å².